The zero-order chi connectivity index (χ0) is 24.4. The van der Waals surface area contributed by atoms with Crippen molar-refractivity contribution in [2.75, 3.05) is 26.8 Å². The molecule has 0 saturated carbocycles. The van der Waals surface area contributed by atoms with Crippen LogP contribution in [0.1, 0.15) is 52.8 Å². The predicted octanol–water partition coefficient (Wildman–Crippen LogP) is 5.54. The second kappa shape index (κ2) is 12.8. The van der Waals surface area contributed by atoms with Crippen molar-refractivity contribution in [3.05, 3.63) is 49.5 Å². The average Bonchev–Trinajstić information content (AvgIpc) is 3.14. The summed E-state index contributed by atoms with van der Waals surface area (Å²) in [6, 6.07) is 6.53. The summed E-state index contributed by atoms with van der Waals surface area (Å²) in [5, 5.41) is 2.80. The molecule has 2 aromatic rings. The lowest BCUT2D eigenvalue weighted by Gasteiger charge is -2.26. The fraction of sp³-hybridized carbons (Fsp3) is 0.538. The quantitative estimate of drug-likeness (QED) is 0.404. The van der Waals surface area contributed by atoms with Crippen molar-refractivity contribution in [2.45, 2.75) is 63.8 Å². The second-order valence-electron chi connectivity index (χ2n) is 9.18. The van der Waals surface area contributed by atoms with Gasteiger partial charge in [0.25, 0.3) is 0 Å². The number of hydrogen-bond acceptors (Lipinski definition) is 5. The molecular weight excluding hydrogens is 432 g/mol. The standard InChI is InChI=1S/C24H36N4O2S.C2H4/c1-6-25-22(29)8-7-13-27(5)31-19-9-10-21-20(16-19)26-23(24(2,3)4)28(21)17-18-11-14-30-15-12-18;1-2/h7,9-10,13,16,18H,6,8,11-12,14-15,17H2,1-5H3,(H,25,29);1-2H2/b13-7-;. The van der Waals surface area contributed by atoms with Crippen LogP contribution in [0.4, 0.5) is 0 Å². The van der Waals surface area contributed by atoms with E-state index in [1.807, 2.05) is 30.6 Å². The van der Waals surface area contributed by atoms with E-state index in [2.05, 4.69) is 62.0 Å². The summed E-state index contributed by atoms with van der Waals surface area (Å²) < 4.78 is 9.99. The van der Waals surface area contributed by atoms with Gasteiger partial charge in [-0.25, -0.2) is 4.98 Å². The van der Waals surface area contributed by atoms with Crippen LogP contribution in [0.15, 0.2) is 48.5 Å². The zero-order valence-electron chi connectivity index (χ0n) is 20.9. The Kier molecular flexibility index (Phi) is 10.5. The molecule has 0 atom stereocenters. The van der Waals surface area contributed by atoms with E-state index in [1.165, 1.54) is 5.52 Å². The van der Waals surface area contributed by atoms with Crippen molar-refractivity contribution in [1.29, 1.82) is 0 Å². The molecule has 1 fully saturated rings. The SMILES string of the molecule is C=C.CCNC(=O)C/C=C\N(C)Sc1ccc2c(c1)nc(C(C)(C)C)n2CC1CCOCC1. The Morgan fingerprint density at radius 2 is 2.03 bits per heavy atom. The molecule has 182 valence electrons. The van der Waals surface area contributed by atoms with Gasteiger partial charge in [0, 0.05) is 56.3 Å². The molecule has 1 aromatic heterocycles. The third-order valence-electron chi connectivity index (χ3n) is 5.41. The van der Waals surface area contributed by atoms with Crippen LogP contribution in [0.3, 0.4) is 0 Å². The highest BCUT2D eigenvalue weighted by molar-refractivity contribution is 7.97. The topological polar surface area (TPSA) is 59.4 Å². The van der Waals surface area contributed by atoms with Gasteiger partial charge in [-0.1, -0.05) is 26.8 Å². The first-order chi connectivity index (χ1) is 15.8. The van der Waals surface area contributed by atoms with E-state index >= 15 is 0 Å². The number of hydrogen-bond donors (Lipinski definition) is 1. The minimum absolute atomic E-state index is 0.0178. The molecule has 6 nitrogen and oxygen atoms in total. The monoisotopic (exact) mass is 472 g/mol. The highest BCUT2D eigenvalue weighted by Crippen LogP contribution is 2.32. The molecule has 1 aliphatic rings. The van der Waals surface area contributed by atoms with Crippen LogP contribution in [0, 0.1) is 5.92 Å². The van der Waals surface area contributed by atoms with Crippen LogP contribution >= 0.6 is 11.9 Å². The number of ether oxygens (including phenoxy) is 1. The Morgan fingerprint density at radius 1 is 1.33 bits per heavy atom. The molecule has 1 aromatic carbocycles. The van der Waals surface area contributed by atoms with Gasteiger partial charge in [-0.2, -0.15) is 0 Å². The van der Waals surface area contributed by atoms with Gasteiger partial charge in [0.1, 0.15) is 5.82 Å². The highest BCUT2D eigenvalue weighted by Gasteiger charge is 2.25. The number of fused-ring (bicyclic) bond motifs is 1. The van der Waals surface area contributed by atoms with Gasteiger partial charge < -0.3 is 18.9 Å². The fourth-order valence-corrected chi connectivity index (χ4v) is 4.66. The van der Waals surface area contributed by atoms with E-state index < -0.39 is 0 Å². The second-order valence-corrected chi connectivity index (χ2v) is 10.4. The highest BCUT2D eigenvalue weighted by atomic mass is 32.2. The molecule has 0 bridgehead atoms. The Bertz CT molecular complexity index is 926. The maximum atomic E-state index is 11.6. The normalized spacial score (nSPS) is 14.8. The number of benzene rings is 1. The lowest BCUT2D eigenvalue weighted by Crippen LogP contribution is -2.25. The maximum Gasteiger partial charge on any atom is 0.223 e. The van der Waals surface area contributed by atoms with E-state index in [1.54, 1.807) is 11.9 Å². The zero-order valence-corrected chi connectivity index (χ0v) is 21.7. The molecule has 1 aliphatic heterocycles. The van der Waals surface area contributed by atoms with E-state index in [0.29, 0.717) is 18.9 Å². The molecule has 0 aliphatic carbocycles. The van der Waals surface area contributed by atoms with Crippen LogP contribution < -0.4 is 5.32 Å². The summed E-state index contributed by atoms with van der Waals surface area (Å²) in [6.45, 7) is 18.0. The van der Waals surface area contributed by atoms with Gasteiger partial charge in [0.2, 0.25) is 5.91 Å². The van der Waals surface area contributed by atoms with Gasteiger partial charge >= 0.3 is 0 Å². The first-order valence-corrected chi connectivity index (χ1v) is 12.5. The average molecular weight is 473 g/mol. The molecule has 1 amide bonds. The third kappa shape index (κ3) is 7.93. The van der Waals surface area contributed by atoms with Gasteiger partial charge in [-0.05, 0) is 55.8 Å². The molecular formula is C26H40N4O2S. The third-order valence-corrected chi connectivity index (χ3v) is 6.29. The molecule has 7 heteroatoms. The Balaban J connectivity index is 0.00000187. The maximum absolute atomic E-state index is 11.6. The first-order valence-electron chi connectivity index (χ1n) is 11.7. The number of carbonyl (C=O) groups is 1. The Labute approximate surface area is 203 Å². The number of amides is 1. The van der Waals surface area contributed by atoms with Crippen molar-refractivity contribution >= 4 is 28.9 Å². The fourth-order valence-electron chi connectivity index (χ4n) is 3.89. The van der Waals surface area contributed by atoms with Gasteiger partial charge in [-0.3, -0.25) is 4.79 Å². The number of nitrogens with zero attached hydrogens (tertiary/aromatic N) is 3. The minimum atomic E-state index is -0.0178. The molecule has 3 rings (SSSR count). The van der Waals surface area contributed by atoms with Crippen molar-refractivity contribution in [3.63, 3.8) is 0 Å². The Morgan fingerprint density at radius 3 is 2.67 bits per heavy atom. The summed E-state index contributed by atoms with van der Waals surface area (Å²) in [5.41, 5.74) is 2.23. The number of carbonyl (C=O) groups excluding carboxylic acids is 1. The molecule has 1 saturated heterocycles. The summed E-state index contributed by atoms with van der Waals surface area (Å²) in [7, 11) is 1.99. The lowest BCUT2D eigenvalue weighted by atomic mass is 9.94. The minimum Gasteiger partial charge on any atom is -0.381 e. The van der Waals surface area contributed by atoms with Gasteiger partial charge in [0.05, 0.1) is 11.0 Å². The van der Waals surface area contributed by atoms with Crippen molar-refractivity contribution < 1.29 is 9.53 Å². The van der Waals surface area contributed by atoms with Gasteiger partial charge in [0.15, 0.2) is 0 Å². The summed E-state index contributed by atoms with van der Waals surface area (Å²) in [4.78, 5) is 17.8. The van der Waals surface area contributed by atoms with E-state index in [0.717, 1.165) is 48.8 Å². The molecule has 0 radical (unpaired) electrons. The van der Waals surface area contributed by atoms with Crippen LogP contribution in [0.25, 0.3) is 11.0 Å². The van der Waals surface area contributed by atoms with Crippen molar-refractivity contribution in [2.24, 2.45) is 5.92 Å². The van der Waals surface area contributed by atoms with E-state index in [-0.39, 0.29) is 11.3 Å². The number of nitrogens with one attached hydrogen (secondary N) is 1. The van der Waals surface area contributed by atoms with Crippen molar-refractivity contribution in [3.8, 4) is 0 Å². The lowest BCUT2D eigenvalue weighted by molar-refractivity contribution is -0.120. The molecule has 0 spiro atoms. The Hall–Kier alpha value is -2.25. The summed E-state index contributed by atoms with van der Waals surface area (Å²) in [5.74, 6) is 1.83. The van der Waals surface area contributed by atoms with Crippen LogP contribution in [-0.2, 0) is 21.5 Å². The molecule has 33 heavy (non-hydrogen) atoms. The van der Waals surface area contributed by atoms with Crippen LogP contribution in [0.2, 0.25) is 0 Å². The van der Waals surface area contributed by atoms with Crippen molar-refractivity contribution in [1.82, 2.24) is 19.2 Å². The number of aromatic nitrogens is 2. The summed E-state index contributed by atoms with van der Waals surface area (Å²) >= 11 is 1.63. The van der Waals surface area contributed by atoms with E-state index in [9.17, 15) is 4.79 Å². The molecule has 0 unspecified atom stereocenters. The predicted molar refractivity (Wildman–Crippen MR) is 139 cm³/mol. The smallest absolute Gasteiger partial charge is 0.223 e. The first kappa shape index (κ1) is 27.0. The van der Waals surface area contributed by atoms with Crippen LogP contribution in [-0.4, -0.2) is 46.6 Å². The van der Waals surface area contributed by atoms with Crippen LogP contribution in [0.5, 0.6) is 0 Å². The molecule has 2 heterocycles. The van der Waals surface area contributed by atoms with E-state index in [4.69, 9.17) is 9.72 Å². The largest absolute Gasteiger partial charge is 0.381 e. The molecule has 1 N–H and O–H groups in total. The number of imidazole rings is 1. The van der Waals surface area contributed by atoms with Gasteiger partial charge in [-0.15, -0.1) is 13.2 Å². The number of rotatable bonds is 8. The summed E-state index contributed by atoms with van der Waals surface area (Å²) in [6.07, 6.45) is 6.45.